The number of amides is 2. The van der Waals surface area contributed by atoms with Crippen LogP contribution in [0, 0.1) is 6.92 Å². The van der Waals surface area contributed by atoms with E-state index in [-0.39, 0.29) is 12.3 Å². The molecular formula is C22H21ClN4O4. The first-order valence-corrected chi connectivity index (χ1v) is 9.97. The third-order valence-corrected chi connectivity index (χ3v) is 5.51. The molecular weight excluding hydrogens is 420 g/mol. The van der Waals surface area contributed by atoms with Crippen molar-refractivity contribution in [2.45, 2.75) is 19.4 Å². The van der Waals surface area contributed by atoms with Crippen molar-refractivity contribution in [1.29, 1.82) is 0 Å². The molecule has 0 unspecified atom stereocenters. The van der Waals surface area contributed by atoms with Gasteiger partial charge in [-0.15, -0.1) is 0 Å². The summed E-state index contributed by atoms with van der Waals surface area (Å²) in [5, 5.41) is 10.6. The Bertz CT molecular complexity index is 1160. The lowest BCUT2D eigenvalue weighted by molar-refractivity contribution is -0.125. The van der Waals surface area contributed by atoms with Gasteiger partial charge in [-0.05, 0) is 43.3 Å². The van der Waals surface area contributed by atoms with Crippen LogP contribution < -0.4 is 20.1 Å². The first-order chi connectivity index (χ1) is 14.9. The van der Waals surface area contributed by atoms with E-state index < -0.39 is 11.9 Å². The summed E-state index contributed by atoms with van der Waals surface area (Å²) >= 11 is 6.22. The lowest BCUT2D eigenvalue weighted by Gasteiger charge is -2.24. The van der Waals surface area contributed by atoms with Gasteiger partial charge in [0, 0.05) is 17.2 Å². The van der Waals surface area contributed by atoms with Gasteiger partial charge in [0.15, 0.2) is 0 Å². The van der Waals surface area contributed by atoms with E-state index in [9.17, 15) is 9.59 Å². The summed E-state index contributed by atoms with van der Waals surface area (Å²) < 4.78 is 12.0. The van der Waals surface area contributed by atoms with E-state index in [0.29, 0.717) is 28.0 Å². The molecule has 31 heavy (non-hydrogen) atoms. The van der Waals surface area contributed by atoms with Crippen molar-refractivity contribution < 1.29 is 19.1 Å². The molecule has 0 spiro atoms. The van der Waals surface area contributed by atoms with Crippen LogP contribution in [0.4, 0.5) is 11.5 Å². The molecule has 1 atom stereocenters. The standard InChI is InChI=1S/C22H21ClN4O4/c1-12-20(13-4-6-14(30-2)7-5-13)26-27-18(11-19(28)25-21(12)27)22(29)24-17-10-15(31-3)8-9-16(17)23/h4-10,18H,11H2,1-3H3,(H,24,29)(H,25,28)/t18-/m1/s1. The zero-order valence-electron chi connectivity index (χ0n) is 17.2. The van der Waals surface area contributed by atoms with Crippen LogP contribution in [0.25, 0.3) is 11.3 Å². The minimum absolute atomic E-state index is 0.0381. The van der Waals surface area contributed by atoms with Crippen LogP contribution in [0.5, 0.6) is 11.5 Å². The van der Waals surface area contributed by atoms with Crippen LogP contribution in [-0.4, -0.2) is 35.8 Å². The summed E-state index contributed by atoms with van der Waals surface area (Å²) in [6.07, 6.45) is -0.0381. The number of nitrogens with zero attached hydrogens (tertiary/aromatic N) is 2. The predicted octanol–water partition coefficient (Wildman–Crippen LogP) is 4.05. The molecule has 1 aliphatic heterocycles. The van der Waals surface area contributed by atoms with Crippen molar-refractivity contribution in [1.82, 2.24) is 9.78 Å². The molecule has 1 aromatic heterocycles. The SMILES string of the molecule is COc1ccc(-c2nn3c(c2C)NC(=O)C[C@@H]3C(=O)Nc2cc(OC)ccc2Cl)cc1. The molecule has 3 aromatic rings. The van der Waals surface area contributed by atoms with Gasteiger partial charge >= 0.3 is 0 Å². The molecule has 8 nitrogen and oxygen atoms in total. The second-order valence-electron chi connectivity index (χ2n) is 7.10. The summed E-state index contributed by atoms with van der Waals surface area (Å²) in [7, 11) is 3.13. The van der Waals surface area contributed by atoms with Gasteiger partial charge in [-0.2, -0.15) is 5.10 Å². The first-order valence-electron chi connectivity index (χ1n) is 9.59. The van der Waals surface area contributed by atoms with E-state index in [1.54, 1.807) is 30.0 Å². The number of carbonyl (C=O) groups is 2. The van der Waals surface area contributed by atoms with Gasteiger partial charge in [0.2, 0.25) is 11.8 Å². The lowest BCUT2D eigenvalue weighted by atomic mass is 10.1. The summed E-state index contributed by atoms with van der Waals surface area (Å²) in [6, 6.07) is 11.6. The van der Waals surface area contributed by atoms with Crippen molar-refractivity contribution in [2.75, 3.05) is 24.9 Å². The fraction of sp³-hybridized carbons (Fsp3) is 0.227. The van der Waals surface area contributed by atoms with Crippen LogP contribution in [0.2, 0.25) is 5.02 Å². The van der Waals surface area contributed by atoms with Crippen LogP contribution in [-0.2, 0) is 9.59 Å². The van der Waals surface area contributed by atoms with Gasteiger partial charge < -0.3 is 20.1 Å². The van der Waals surface area contributed by atoms with Gasteiger partial charge in [-0.3, -0.25) is 9.59 Å². The van der Waals surface area contributed by atoms with E-state index in [2.05, 4.69) is 15.7 Å². The van der Waals surface area contributed by atoms with E-state index in [4.69, 9.17) is 21.1 Å². The highest BCUT2D eigenvalue weighted by Crippen LogP contribution is 2.35. The Morgan fingerprint density at radius 1 is 1.16 bits per heavy atom. The van der Waals surface area contributed by atoms with Gasteiger partial charge in [0.05, 0.1) is 37.0 Å². The molecule has 2 heterocycles. The molecule has 2 amide bonds. The summed E-state index contributed by atoms with van der Waals surface area (Å²) in [5.74, 6) is 1.13. The second-order valence-corrected chi connectivity index (χ2v) is 7.51. The molecule has 1 aliphatic rings. The Kier molecular flexibility index (Phi) is 5.56. The summed E-state index contributed by atoms with van der Waals surface area (Å²) in [4.78, 5) is 25.4. The van der Waals surface area contributed by atoms with Crippen molar-refractivity contribution in [3.05, 3.63) is 53.1 Å². The summed E-state index contributed by atoms with van der Waals surface area (Å²) in [5.41, 5.74) is 2.70. The Hall–Kier alpha value is -3.52. The number of carbonyl (C=O) groups excluding carboxylic acids is 2. The number of fused-ring (bicyclic) bond motifs is 1. The smallest absolute Gasteiger partial charge is 0.249 e. The number of methoxy groups -OCH3 is 2. The number of halogens is 1. The minimum atomic E-state index is -0.822. The monoisotopic (exact) mass is 440 g/mol. The quantitative estimate of drug-likeness (QED) is 0.624. The number of aromatic nitrogens is 2. The Morgan fingerprint density at radius 3 is 2.52 bits per heavy atom. The topological polar surface area (TPSA) is 94.5 Å². The zero-order chi connectivity index (χ0) is 22.1. The third-order valence-electron chi connectivity index (χ3n) is 5.18. The molecule has 0 radical (unpaired) electrons. The molecule has 9 heteroatoms. The van der Waals surface area contributed by atoms with Crippen LogP contribution in [0.3, 0.4) is 0 Å². The van der Waals surface area contributed by atoms with Crippen LogP contribution in [0.1, 0.15) is 18.0 Å². The van der Waals surface area contributed by atoms with Crippen molar-refractivity contribution >= 4 is 34.9 Å². The Morgan fingerprint density at radius 2 is 1.84 bits per heavy atom. The number of ether oxygens (including phenoxy) is 2. The molecule has 2 aromatic carbocycles. The number of benzene rings is 2. The summed E-state index contributed by atoms with van der Waals surface area (Å²) in [6.45, 7) is 1.86. The van der Waals surface area contributed by atoms with Gasteiger partial charge in [0.1, 0.15) is 23.4 Å². The maximum absolute atomic E-state index is 13.1. The minimum Gasteiger partial charge on any atom is -0.497 e. The molecule has 0 aliphatic carbocycles. The fourth-order valence-electron chi connectivity index (χ4n) is 3.51. The number of anilines is 2. The second kappa shape index (κ2) is 8.31. The molecule has 2 N–H and O–H groups in total. The van der Waals surface area contributed by atoms with Gasteiger partial charge in [0.25, 0.3) is 0 Å². The Labute approximate surface area is 184 Å². The number of hydrogen-bond donors (Lipinski definition) is 2. The average Bonchev–Trinajstić information content (AvgIpc) is 3.11. The molecule has 0 saturated heterocycles. The first kappa shape index (κ1) is 20.7. The lowest BCUT2D eigenvalue weighted by Crippen LogP contribution is -2.36. The van der Waals surface area contributed by atoms with Crippen LogP contribution >= 0.6 is 11.6 Å². The van der Waals surface area contributed by atoms with Gasteiger partial charge in [-0.1, -0.05) is 11.6 Å². The Balaban J connectivity index is 1.68. The average molecular weight is 441 g/mol. The molecule has 0 fully saturated rings. The van der Waals surface area contributed by atoms with E-state index in [1.165, 1.54) is 7.11 Å². The largest absolute Gasteiger partial charge is 0.497 e. The van der Waals surface area contributed by atoms with E-state index >= 15 is 0 Å². The maximum atomic E-state index is 13.1. The van der Waals surface area contributed by atoms with Crippen LogP contribution in [0.15, 0.2) is 42.5 Å². The van der Waals surface area contributed by atoms with Crippen molar-refractivity contribution in [2.24, 2.45) is 0 Å². The number of nitrogens with one attached hydrogen (secondary N) is 2. The normalized spacial score (nSPS) is 15.1. The highest BCUT2D eigenvalue weighted by molar-refractivity contribution is 6.33. The highest BCUT2D eigenvalue weighted by Gasteiger charge is 2.34. The zero-order valence-corrected chi connectivity index (χ0v) is 18.0. The van der Waals surface area contributed by atoms with E-state index in [1.807, 2.05) is 31.2 Å². The molecule has 0 saturated carbocycles. The van der Waals surface area contributed by atoms with Crippen molar-refractivity contribution in [3.8, 4) is 22.8 Å². The highest BCUT2D eigenvalue weighted by atomic mass is 35.5. The maximum Gasteiger partial charge on any atom is 0.249 e. The number of hydrogen-bond acceptors (Lipinski definition) is 5. The molecule has 4 rings (SSSR count). The predicted molar refractivity (Wildman–Crippen MR) is 118 cm³/mol. The van der Waals surface area contributed by atoms with E-state index in [0.717, 1.165) is 16.9 Å². The molecule has 160 valence electrons. The number of rotatable bonds is 5. The molecule has 0 bridgehead atoms. The third kappa shape index (κ3) is 3.94. The van der Waals surface area contributed by atoms with Crippen molar-refractivity contribution in [3.63, 3.8) is 0 Å². The fourth-order valence-corrected chi connectivity index (χ4v) is 3.67. The van der Waals surface area contributed by atoms with Gasteiger partial charge in [-0.25, -0.2) is 4.68 Å².